The number of unbranched alkanes of at least 4 members (excludes halogenated alkanes) is 1. The molecule has 1 aromatic heterocycles. The van der Waals surface area contributed by atoms with Gasteiger partial charge in [-0.3, -0.25) is 4.79 Å². The van der Waals surface area contributed by atoms with E-state index in [1.807, 2.05) is 24.6 Å². The summed E-state index contributed by atoms with van der Waals surface area (Å²) in [6.45, 7) is 4.43. The Kier molecular flexibility index (Phi) is 5.05. The predicted molar refractivity (Wildman–Crippen MR) is 68.4 cm³/mol. The second-order valence-corrected chi connectivity index (χ2v) is 5.59. The monoisotopic (exact) mass is 287 g/mol. The Morgan fingerprint density at radius 2 is 2.47 bits per heavy atom. The van der Waals surface area contributed by atoms with Crippen LogP contribution in [0.15, 0.2) is 27.9 Å². The Hall–Kier alpha value is -0.610. The standard InChI is InChI=1S/C11H14BrNOS/c1-3-4-5-6-13(2)11(14)9-7-10(12)15-8-9/h3,7-8H,1,4-6H2,2H3. The highest BCUT2D eigenvalue weighted by Gasteiger charge is 2.12. The van der Waals surface area contributed by atoms with Crippen LogP contribution in [0, 0.1) is 0 Å². The van der Waals surface area contributed by atoms with E-state index in [4.69, 9.17) is 0 Å². The van der Waals surface area contributed by atoms with Gasteiger partial charge in [-0.05, 0) is 34.8 Å². The van der Waals surface area contributed by atoms with E-state index in [1.165, 1.54) is 11.3 Å². The molecule has 0 radical (unpaired) electrons. The van der Waals surface area contributed by atoms with Gasteiger partial charge < -0.3 is 4.90 Å². The second-order valence-electron chi connectivity index (χ2n) is 3.30. The fraction of sp³-hybridized carbons (Fsp3) is 0.364. The zero-order valence-electron chi connectivity index (χ0n) is 8.70. The lowest BCUT2D eigenvalue weighted by atomic mass is 10.2. The molecule has 0 saturated carbocycles. The maximum Gasteiger partial charge on any atom is 0.254 e. The van der Waals surface area contributed by atoms with Gasteiger partial charge in [0.15, 0.2) is 0 Å². The molecule has 2 nitrogen and oxygen atoms in total. The number of carbonyl (C=O) groups is 1. The first-order valence-corrected chi connectivity index (χ1v) is 6.43. The number of amides is 1. The van der Waals surface area contributed by atoms with E-state index in [1.54, 1.807) is 4.90 Å². The lowest BCUT2D eigenvalue weighted by Gasteiger charge is -2.15. The largest absolute Gasteiger partial charge is 0.342 e. The lowest BCUT2D eigenvalue weighted by Crippen LogP contribution is -2.27. The molecular weight excluding hydrogens is 274 g/mol. The molecule has 0 aliphatic rings. The molecule has 1 aromatic rings. The van der Waals surface area contributed by atoms with Gasteiger partial charge in [0.05, 0.1) is 9.35 Å². The van der Waals surface area contributed by atoms with Crippen molar-refractivity contribution in [3.05, 3.63) is 33.5 Å². The SMILES string of the molecule is C=CCCCN(C)C(=O)c1csc(Br)c1. The van der Waals surface area contributed by atoms with Gasteiger partial charge in [0.25, 0.3) is 5.91 Å². The van der Waals surface area contributed by atoms with Crippen molar-refractivity contribution in [2.45, 2.75) is 12.8 Å². The van der Waals surface area contributed by atoms with Crippen molar-refractivity contribution in [2.24, 2.45) is 0 Å². The third kappa shape index (κ3) is 3.80. The second kappa shape index (κ2) is 6.08. The van der Waals surface area contributed by atoms with Crippen LogP contribution in [0.2, 0.25) is 0 Å². The van der Waals surface area contributed by atoms with Crippen LogP contribution in [0.4, 0.5) is 0 Å². The zero-order chi connectivity index (χ0) is 11.3. The average Bonchev–Trinajstić information content (AvgIpc) is 2.64. The molecule has 0 fully saturated rings. The molecule has 1 heterocycles. The van der Waals surface area contributed by atoms with Crippen LogP contribution in [0.5, 0.6) is 0 Å². The number of carbonyl (C=O) groups excluding carboxylic acids is 1. The van der Waals surface area contributed by atoms with Crippen molar-refractivity contribution < 1.29 is 4.79 Å². The van der Waals surface area contributed by atoms with Gasteiger partial charge in [-0.2, -0.15) is 0 Å². The van der Waals surface area contributed by atoms with E-state index >= 15 is 0 Å². The normalized spacial score (nSPS) is 10.0. The van der Waals surface area contributed by atoms with Crippen LogP contribution >= 0.6 is 27.3 Å². The van der Waals surface area contributed by atoms with Crippen molar-refractivity contribution in [1.82, 2.24) is 4.90 Å². The summed E-state index contributed by atoms with van der Waals surface area (Å²) in [5, 5.41) is 1.87. The molecule has 0 bridgehead atoms. The highest BCUT2D eigenvalue weighted by molar-refractivity contribution is 9.11. The molecular formula is C11H14BrNOS. The van der Waals surface area contributed by atoms with Crippen LogP contribution in [0.25, 0.3) is 0 Å². The van der Waals surface area contributed by atoms with Gasteiger partial charge in [-0.15, -0.1) is 17.9 Å². The number of thiophene rings is 1. The topological polar surface area (TPSA) is 20.3 Å². The number of allylic oxidation sites excluding steroid dienone is 1. The molecule has 0 spiro atoms. The van der Waals surface area contributed by atoms with Crippen molar-refractivity contribution in [3.63, 3.8) is 0 Å². The van der Waals surface area contributed by atoms with Crippen LogP contribution in [0.3, 0.4) is 0 Å². The van der Waals surface area contributed by atoms with Crippen LogP contribution in [-0.4, -0.2) is 24.4 Å². The fourth-order valence-electron chi connectivity index (χ4n) is 1.22. The first-order valence-electron chi connectivity index (χ1n) is 4.75. The summed E-state index contributed by atoms with van der Waals surface area (Å²) in [6.07, 6.45) is 3.79. The number of nitrogens with zero attached hydrogens (tertiary/aromatic N) is 1. The first-order chi connectivity index (χ1) is 7.15. The molecule has 4 heteroatoms. The number of hydrogen-bond donors (Lipinski definition) is 0. The predicted octanol–water partition coefficient (Wildman–Crippen LogP) is 3.55. The maximum absolute atomic E-state index is 11.8. The first kappa shape index (κ1) is 12.5. The third-order valence-electron chi connectivity index (χ3n) is 2.06. The molecule has 1 rings (SSSR count). The maximum atomic E-state index is 11.8. The van der Waals surface area contributed by atoms with Gasteiger partial charge in [0.1, 0.15) is 0 Å². The molecule has 0 N–H and O–H groups in total. The minimum atomic E-state index is 0.0843. The highest BCUT2D eigenvalue weighted by atomic mass is 79.9. The van der Waals surface area contributed by atoms with E-state index in [0.29, 0.717) is 0 Å². The van der Waals surface area contributed by atoms with E-state index in [0.717, 1.165) is 28.7 Å². The van der Waals surface area contributed by atoms with E-state index in [-0.39, 0.29) is 5.91 Å². The van der Waals surface area contributed by atoms with Gasteiger partial charge in [0, 0.05) is 19.0 Å². The fourth-order valence-corrected chi connectivity index (χ4v) is 2.35. The molecule has 0 unspecified atom stereocenters. The third-order valence-corrected chi connectivity index (χ3v) is 3.57. The molecule has 0 aromatic carbocycles. The Morgan fingerprint density at radius 3 is 3.00 bits per heavy atom. The van der Waals surface area contributed by atoms with Crippen molar-refractivity contribution in [2.75, 3.05) is 13.6 Å². The molecule has 0 saturated heterocycles. The van der Waals surface area contributed by atoms with E-state index in [9.17, 15) is 4.79 Å². The van der Waals surface area contributed by atoms with Crippen molar-refractivity contribution in [1.29, 1.82) is 0 Å². The zero-order valence-corrected chi connectivity index (χ0v) is 11.1. The van der Waals surface area contributed by atoms with E-state index < -0.39 is 0 Å². The Morgan fingerprint density at radius 1 is 1.73 bits per heavy atom. The van der Waals surface area contributed by atoms with Crippen LogP contribution < -0.4 is 0 Å². The van der Waals surface area contributed by atoms with Gasteiger partial charge in [0.2, 0.25) is 0 Å². The average molecular weight is 288 g/mol. The number of rotatable bonds is 5. The molecule has 1 amide bonds. The Balaban J connectivity index is 2.49. The van der Waals surface area contributed by atoms with Crippen molar-refractivity contribution >= 4 is 33.2 Å². The minimum Gasteiger partial charge on any atom is -0.342 e. The van der Waals surface area contributed by atoms with Gasteiger partial charge in [-0.25, -0.2) is 0 Å². The summed E-state index contributed by atoms with van der Waals surface area (Å²) in [7, 11) is 1.83. The Labute approximate surface area is 103 Å². The summed E-state index contributed by atoms with van der Waals surface area (Å²) in [5.74, 6) is 0.0843. The van der Waals surface area contributed by atoms with Crippen LogP contribution in [0.1, 0.15) is 23.2 Å². The smallest absolute Gasteiger partial charge is 0.254 e. The summed E-state index contributed by atoms with van der Waals surface area (Å²) in [5.41, 5.74) is 0.757. The van der Waals surface area contributed by atoms with Gasteiger partial charge >= 0.3 is 0 Å². The summed E-state index contributed by atoms with van der Waals surface area (Å²) < 4.78 is 0.991. The number of halogens is 1. The highest BCUT2D eigenvalue weighted by Crippen LogP contribution is 2.21. The quantitative estimate of drug-likeness (QED) is 0.599. The van der Waals surface area contributed by atoms with E-state index in [2.05, 4.69) is 22.5 Å². The molecule has 0 aliphatic heterocycles. The Bertz CT molecular complexity index is 348. The lowest BCUT2D eigenvalue weighted by molar-refractivity contribution is 0.0794. The molecule has 82 valence electrons. The minimum absolute atomic E-state index is 0.0843. The molecule has 0 aliphatic carbocycles. The number of hydrogen-bond acceptors (Lipinski definition) is 2. The van der Waals surface area contributed by atoms with Crippen LogP contribution in [-0.2, 0) is 0 Å². The summed E-state index contributed by atoms with van der Waals surface area (Å²) in [6, 6.07) is 1.86. The molecule has 15 heavy (non-hydrogen) atoms. The summed E-state index contributed by atoms with van der Waals surface area (Å²) >= 11 is 4.88. The summed E-state index contributed by atoms with van der Waals surface area (Å²) in [4.78, 5) is 13.6. The molecule has 0 atom stereocenters. The van der Waals surface area contributed by atoms with Crippen molar-refractivity contribution in [3.8, 4) is 0 Å². The van der Waals surface area contributed by atoms with Gasteiger partial charge in [-0.1, -0.05) is 6.08 Å².